The highest BCUT2D eigenvalue weighted by Gasteiger charge is 2.30. The molecule has 2 N–H and O–H groups in total. The number of nitrogens with two attached hydrogens (primary N) is 1. The Labute approximate surface area is 122 Å². The van der Waals surface area contributed by atoms with E-state index in [9.17, 15) is 0 Å². The molecule has 1 saturated carbocycles. The van der Waals surface area contributed by atoms with Gasteiger partial charge in [0.1, 0.15) is 0 Å². The van der Waals surface area contributed by atoms with Crippen LogP contribution in [0.2, 0.25) is 0 Å². The monoisotopic (exact) mass is 273 g/mol. The van der Waals surface area contributed by atoms with E-state index < -0.39 is 0 Å². The summed E-state index contributed by atoms with van der Waals surface area (Å²) in [4.78, 5) is 5.31. The Bertz CT molecular complexity index is 416. The van der Waals surface area contributed by atoms with E-state index in [1.807, 2.05) is 12.1 Å². The van der Waals surface area contributed by atoms with E-state index in [1.54, 1.807) is 0 Å². The fraction of sp³-hybridized carbons (Fsp3) is 0.647. The first-order valence-corrected chi connectivity index (χ1v) is 8.04. The maximum absolute atomic E-state index is 5.75. The van der Waals surface area contributed by atoms with Crippen LogP contribution in [-0.4, -0.2) is 48.6 Å². The molecule has 2 aliphatic rings. The molecule has 3 heteroatoms. The van der Waals surface area contributed by atoms with E-state index in [0.717, 1.165) is 11.7 Å². The molecule has 3 nitrogen and oxygen atoms in total. The zero-order valence-electron chi connectivity index (χ0n) is 12.6. The maximum atomic E-state index is 5.75. The topological polar surface area (TPSA) is 32.5 Å². The zero-order valence-corrected chi connectivity index (χ0v) is 12.6. The van der Waals surface area contributed by atoms with Crippen molar-refractivity contribution in [1.82, 2.24) is 9.80 Å². The van der Waals surface area contributed by atoms with Gasteiger partial charge in [0.2, 0.25) is 0 Å². The third-order valence-corrected chi connectivity index (χ3v) is 4.85. The van der Waals surface area contributed by atoms with Crippen LogP contribution in [0.1, 0.15) is 37.7 Å². The van der Waals surface area contributed by atoms with Gasteiger partial charge in [-0.25, -0.2) is 0 Å². The third kappa shape index (κ3) is 3.53. The lowest BCUT2D eigenvalue weighted by Crippen LogP contribution is -2.47. The molecule has 0 spiro atoms. The number of nitrogen functional groups attached to an aromatic ring is 1. The molecule has 1 aliphatic heterocycles. The molecule has 110 valence electrons. The number of nitrogens with zero attached hydrogens (tertiary/aromatic N) is 2. The standard InChI is InChI=1S/C17H27N3/c1-14(15-2-4-16(18)5-3-15)8-9-19-10-12-20(13-11-19)17-6-7-17/h2-5,14,17H,6-13,18H2,1H3. The lowest BCUT2D eigenvalue weighted by atomic mass is 9.97. The van der Waals surface area contributed by atoms with Gasteiger partial charge in [0.05, 0.1) is 0 Å². The highest BCUT2D eigenvalue weighted by atomic mass is 15.3. The zero-order chi connectivity index (χ0) is 13.9. The van der Waals surface area contributed by atoms with E-state index in [0.29, 0.717) is 5.92 Å². The van der Waals surface area contributed by atoms with Crippen molar-refractivity contribution in [2.24, 2.45) is 0 Å². The second kappa shape index (κ2) is 6.15. The quantitative estimate of drug-likeness (QED) is 0.837. The van der Waals surface area contributed by atoms with Gasteiger partial charge in [-0.2, -0.15) is 0 Å². The van der Waals surface area contributed by atoms with E-state index in [4.69, 9.17) is 5.73 Å². The second-order valence-corrected chi connectivity index (χ2v) is 6.47. The molecular weight excluding hydrogens is 246 g/mol. The number of hydrogen-bond donors (Lipinski definition) is 1. The minimum absolute atomic E-state index is 0.622. The molecule has 0 aromatic heterocycles. The van der Waals surface area contributed by atoms with Crippen molar-refractivity contribution < 1.29 is 0 Å². The van der Waals surface area contributed by atoms with E-state index in [1.165, 1.54) is 57.5 Å². The van der Waals surface area contributed by atoms with Crippen molar-refractivity contribution in [3.8, 4) is 0 Å². The summed E-state index contributed by atoms with van der Waals surface area (Å²) < 4.78 is 0. The molecule has 1 aromatic rings. The van der Waals surface area contributed by atoms with Crippen LogP contribution in [0.5, 0.6) is 0 Å². The average molecular weight is 273 g/mol. The van der Waals surface area contributed by atoms with Gasteiger partial charge in [0.25, 0.3) is 0 Å². The van der Waals surface area contributed by atoms with Crippen LogP contribution in [0.4, 0.5) is 5.69 Å². The predicted molar refractivity (Wildman–Crippen MR) is 84.9 cm³/mol. The summed E-state index contributed by atoms with van der Waals surface area (Å²) in [5.74, 6) is 0.622. The van der Waals surface area contributed by atoms with Crippen molar-refractivity contribution in [2.45, 2.75) is 38.1 Å². The van der Waals surface area contributed by atoms with Gasteiger partial charge in [0.15, 0.2) is 0 Å². The number of piperazine rings is 1. The smallest absolute Gasteiger partial charge is 0.0314 e. The van der Waals surface area contributed by atoms with Gasteiger partial charge in [0, 0.05) is 37.9 Å². The summed E-state index contributed by atoms with van der Waals surface area (Å²) in [6, 6.07) is 9.31. The Morgan fingerprint density at radius 2 is 1.75 bits per heavy atom. The molecule has 1 unspecified atom stereocenters. The maximum Gasteiger partial charge on any atom is 0.0314 e. The van der Waals surface area contributed by atoms with Crippen LogP contribution in [0.25, 0.3) is 0 Å². The highest BCUT2D eigenvalue weighted by Crippen LogP contribution is 2.27. The normalized spacial score (nSPS) is 22.9. The number of rotatable bonds is 5. The predicted octanol–water partition coefficient (Wildman–Crippen LogP) is 2.54. The Hall–Kier alpha value is -1.06. The minimum Gasteiger partial charge on any atom is -0.399 e. The van der Waals surface area contributed by atoms with E-state index in [2.05, 4.69) is 28.9 Å². The summed E-state index contributed by atoms with van der Waals surface area (Å²) in [5, 5.41) is 0. The van der Waals surface area contributed by atoms with Gasteiger partial charge >= 0.3 is 0 Å². The van der Waals surface area contributed by atoms with Gasteiger partial charge in [-0.15, -0.1) is 0 Å². The van der Waals surface area contributed by atoms with Gasteiger partial charge in [-0.3, -0.25) is 4.90 Å². The van der Waals surface area contributed by atoms with Gasteiger partial charge in [-0.1, -0.05) is 19.1 Å². The average Bonchev–Trinajstić information content (AvgIpc) is 3.31. The first-order valence-electron chi connectivity index (χ1n) is 8.04. The molecule has 3 rings (SSSR count). The van der Waals surface area contributed by atoms with Crippen LogP contribution in [-0.2, 0) is 0 Å². The van der Waals surface area contributed by atoms with Crippen LogP contribution >= 0.6 is 0 Å². The fourth-order valence-electron chi connectivity index (χ4n) is 3.16. The number of hydrogen-bond acceptors (Lipinski definition) is 3. The first-order chi connectivity index (χ1) is 9.72. The summed E-state index contributed by atoms with van der Waals surface area (Å²) in [7, 11) is 0. The molecule has 0 radical (unpaired) electrons. The van der Waals surface area contributed by atoms with Crippen molar-refractivity contribution in [2.75, 3.05) is 38.5 Å². The number of benzene rings is 1. The van der Waals surface area contributed by atoms with Crippen LogP contribution < -0.4 is 5.73 Å². The van der Waals surface area contributed by atoms with Crippen LogP contribution in [0, 0.1) is 0 Å². The van der Waals surface area contributed by atoms with Gasteiger partial charge in [-0.05, 0) is 49.4 Å². The highest BCUT2D eigenvalue weighted by molar-refractivity contribution is 5.40. The Balaban J connectivity index is 1.41. The van der Waals surface area contributed by atoms with E-state index >= 15 is 0 Å². The third-order valence-electron chi connectivity index (χ3n) is 4.85. The Morgan fingerprint density at radius 1 is 1.10 bits per heavy atom. The molecule has 0 amide bonds. The Morgan fingerprint density at radius 3 is 2.35 bits per heavy atom. The lowest BCUT2D eigenvalue weighted by molar-refractivity contribution is 0.124. The van der Waals surface area contributed by atoms with Crippen molar-refractivity contribution in [3.05, 3.63) is 29.8 Å². The first kappa shape index (κ1) is 13.9. The van der Waals surface area contributed by atoms with Crippen molar-refractivity contribution in [1.29, 1.82) is 0 Å². The van der Waals surface area contributed by atoms with Crippen molar-refractivity contribution in [3.63, 3.8) is 0 Å². The van der Waals surface area contributed by atoms with Crippen molar-refractivity contribution >= 4 is 5.69 Å². The molecule has 1 aromatic carbocycles. The minimum atomic E-state index is 0.622. The largest absolute Gasteiger partial charge is 0.399 e. The molecule has 2 fully saturated rings. The molecule has 1 heterocycles. The molecular formula is C17H27N3. The molecule has 1 aliphatic carbocycles. The molecule has 1 saturated heterocycles. The number of anilines is 1. The SMILES string of the molecule is CC(CCN1CCN(C2CC2)CC1)c1ccc(N)cc1. The van der Waals surface area contributed by atoms with E-state index in [-0.39, 0.29) is 0 Å². The fourth-order valence-corrected chi connectivity index (χ4v) is 3.16. The molecule has 0 bridgehead atoms. The molecule has 20 heavy (non-hydrogen) atoms. The summed E-state index contributed by atoms with van der Waals surface area (Å²) in [6.07, 6.45) is 4.12. The summed E-state index contributed by atoms with van der Waals surface area (Å²) in [5.41, 5.74) is 8.02. The lowest BCUT2D eigenvalue weighted by Gasteiger charge is -2.35. The van der Waals surface area contributed by atoms with Gasteiger partial charge < -0.3 is 10.6 Å². The molecule has 1 atom stereocenters. The van der Waals surface area contributed by atoms with Crippen LogP contribution in [0.15, 0.2) is 24.3 Å². The second-order valence-electron chi connectivity index (χ2n) is 6.47. The van der Waals surface area contributed by atoms with Crippen LogP contribution in [0.3, 0.4) is 0 Å². The summed E-state index contributed by atoms with van der Waals surface area (Å²) >= 11 is 0. The summed E-state index contributed by atoms with van der Waals surface area (Å²) in [6.45, 7) is 8.62. The Kier molecular flexibility index (Phi) is 4.27.